The molecule has 0 saturated carbocycles. The lowest BCUT2D eigenvalue weighted by Gasteiger charge is -2.31. The number of hydrogen-bond acceptors (Lipinski definition) is 7. The summed E-state index contributed by atoms with van der Waals surface area (Å²) in [5, 5.41) is 3.43. The highest BCUT2D eigenvalue weighted by Crippen LogP contribution is 2.33. The molecule has 32 heavy (non-hydrogen) atoms. The third kappa shape index (κ3) is 4.31. The summed E-state index contributed by atoms with van der Waals surface area (Å²) in [5.41, 5.74) is 2.82. The molecule has 1 aliphatic rings. The van der Waals surface area contributed by atoms with Crippen LogP contribution in [0, 0.1) is 12.5 Å². The van der Waals surface area contributed by atoms with Crippen molar-refractivity contribution >= 4 is 40.6 Å². The van der Waals surface area contributed by atoms with Crippen molar-refractivity contribution in [2.24, 2.45) is 0 Å². The number of hydrogen-bond donors (Lipinski definition) is 1. The molecule has 0 bridgehead atoms. The first-order valence-corrected chi connectivity index (χ1v) is 10.2. The summed E-state index contributed by atoms with van der Waals surface area (Å²) in [6.07, 6.45) is 2.08. The van der Waals surface area contributed by atoms with Gasteiger partial charge in [0, 0.05) is 22.8 Å². The van der Waals surface area contributed by atoms with Gasteiger partial charge in [-0.3, -0.25) is 0 Å². The number of ether oxygens (including phenoxy) is 1. The Morgan fingerprint density at radius 1 is 1.34 bits per heavy atom. The summed E-state index contributed by atoms with van der Waals surface area (Å²) in [6, 6.07) is 8.17. The quantitative estimate of drug-likeness (QED) is 0.341. The van der Waals surface area contributed by atoms with Crippen molar-refractivity contribution in [1.82, 2.24) is 15.0 Å². The van der Waals surface area contributed by atoms with Gasteiger partial charge >= 0.3 is 5.97 Å². The third-order valence-electron chi connectivity index (χ3n) is 5.01. The Kier molecular flexibility index (Phi) is 6.14. The number of nitrogens with one attached hydrogen (secondary N) is 1. The van der Waals surface area contributed by atoms with E-state index in [1.54, 1.807) is 19.1 Å². The lowest BCUT2D eigenvalue weighted by Crippen LogP contribution is -2.31. The van der Waals surface area contributed by atoms with E-state index in [9.17, 15) is 9.18 Å². The van der Waals surface area contributed by atoms with Gasteiger partial charge in [0.15, 0.2) is 0 Å². The van der Waals surface area contributed by atoms with E-state index >= 15 is 0 Å². The molecule has 2 aromatic heterocycles. The Hall–Kier alpha value is -3.77. The van der Waals surface area contributed by atoms with Crippen molar-refractivity contribution in [3.05, 3.63) is 75.9 Å². The van der Waals surface area contributed by atoms with E-state index in [1.165, 1.54) is 18.5 Å². The highest BCUT2D eigenvalue weighted by molar-refractivity contribution is 6.33. The number of halogens is 2. The van der Waals surface area contributed by atoms with Crippen molar-refractivity contribution in [3.8, 4) is 0 Å². The van der Waals surface area contributed by atoms with Crippen molar-refractivity contribution in [3.63, 3.8) is 0 Å². The Balaban J connectivity index is 1.54. The van der Waals surface area contributed by atoms with Crippen LogP contribution in [0.2, 0.25) is 5.02 Å². The maximum atomic E-state index is 14.3. The fourth-order valence-electron chi connectivity index (χ4n) is 3.45. The molecule has 3 aromatic rings. The molecule has 0 unspecified atom stereocenters. The molecule has 3 heterocycles. The Morgan fingerprint density at radius 2 is 2.19 bits per heavy atom. The van der Waals surface area contributed by atoms with E-state index in [1.807, 2.05) is 6.07 Å². The molecular weight excluding hydrogens is 435 g/mol. The second-order valence-corrected chi connectivity index (χ2v) is 7.35. The predicted octanol–water partition coefficient (Wildman–Crippen LogP) is 4.70. The molecule has 0 aliphatic carbocycles. The molecule has 0 amide bonds. The molecule has 10 heteroatoms. The van der Waals surface area contributed by atoms with Crippen LogP contribution in [0.5, 0.6) is 0 Å². The maximum Gasteiger partial charge on any atom is 0.342 e. The largest absolute Gasteiger partial charge is 0.462 e. The molecule has 8 nitrogen and oxygen atoms in total. The molecule has 0 spiro atoms. The smallest absolute Gasteiger partial charge is 0.342 e. The van der Waals surface area contributed by atoms with Crippen LogP contribution in [-0.2, 0) is 17.7 Å². The van der Waals surface area contributed by atoms with E-state index in [2.05, 4.69) is 30.0 Å². The molecule has 4 rings (SSSR count). The van der Waals surface area contributed by atoms with Gasteiger partial charge in [0.05, 0.1) is 25.4 Å². The van der Waals surface area contributed by atoms with Crippen molar-refractivity contribution in [2.45, 2.75) is 19.9 Å². The highest BCUT2D eigenvalue weighted by atomic mass is 35.5. The Bertz CT molecular complexity index is 1230. The van der Waals surface area contributed by atoms with Gasteiger partial charge in [-0.2, -0.15) is 4.39 Å². The fraction of sp³-hybridized carbons (Fsp3) is 0.227. The van der Waals surface area contributed by atoms with Crippen LogP contribution >= 0.6 is 11.6 Å². The lowest BCUT2D eigenvalue weighted by atomic mass is 10.0. The number of pyridine rings is 1. The molecule has 0 atom stereocenters. The molecular formula is C22H18ClFN6O2. The SMILES string of the molecule is [C-]#[N+]c1ccc(N2CCc3c(ncnc3Nc3ccc(C(=O)OCC)c(F)n3)C2)cc1Cl. The van der Waals surface area contributed by atoms with Crippen molar-refractivity contribution in [2.75, 3.05) is 23.4 Å². The van der Waals surface area contributed by atoms with E-state index in [4.69, 9.17) is 22.9 Å². The number of carbonyl (C=O) groups is 1. The normalized spacial score (nSPS) is 12.6. The summed E-state index contributed by atoms with van der Waals surface area (Å²) in [5.74, 6) is -0.914. The summed E-state index contributed by atoms with van der Waals surface area (Å²) in [4.78, 5) is 29.8. The van der Waals surface area contributed by atoms with Crippen LogP contribution in [0.3, 0.4) is 0 Å². The van der Waals surface area contributed by atoms with Gasteiger partial charge in [0.2, 0.25) is 11.6 Å². The highest BCUT2D eigenvalue weighted by Gasteiger charge is 2.22. The monoisotopic (exact) mass is 452 g/mol. The number of rotatable bonds is 5. The minimum atomic E-state index is -0.915. The topological polar surface area (TPSA) is 84.6 Å². The lowest BCUT2D eigenvalue weighted by molar-refractivity contribution is 0.0520. The zero-order valence-corrected chi connectivity index (χ0v) is 17.9. The van der Waals surface area contributed by atoms with E-state index < -0.39 is 11.9 Å². The van der Waals surface area contributed by atoms with Gasteiger partial charge in [-0.05, 0) is 37.6 Å². The van der Waals surface area contributed by atoms with Gasteiger partial charge in [0.25, 0.3) is 0 Å². The fourth-order valence-corrected chi connectivity index (χ4v) is 3.67. The Labute approximate surface area is 188 Å². The minimum absolute atomic E-state index is 0.151. The summed E-state index contributed by atoms with van der Waals surface area (Å²) in [6.45, 7) is 10.1. The molecule has 0 saturated heterocycles. The van der Waals surface area contributed by atoms with E-state index in [-0.39, 0.29) is 18.0 Å². The Morgan fingerprint density at radius 3 is 2.91 bits per heavy atom. The van der Waals surface area contributed by atoms with Crippen LogP contribution < -0.4 is 10.2 Å². The summed E-state index contributed by atoms with van der Waals surface area (Å²) >= 11 is 6.18. The minimum Gasteiger partial charge on any atom is -0.462 e. The van der Waals surface area contributed by atoms with Gasteiger partial charge in [-0.25, -0.2) is 24.6 Å². The molecule has 1 aliphatic heterocycles. The van der Waals surface area contributed by atoms with Gasteiger partial charge in [-0.1, -0.05) is 17.7 Å². The number of carbonyl (C=O) groups excluding carboxylic acids is 1. The zero-order valence-electron chi connectivity index (χ0n) is 17.1. The van der Waals surface area contributed by atoms with Crippen LogP contribution in [0.15, 0.2) is 36.7 Å². The third-order valence-corrected chi connectivity index (χ3v) is 5.32. The van der Waals surface area contributed by atoms with Crippen LogP contribution in [0.4, 0.5) is 27.4 Å². The van der Waals surface area contributed by atoms with Gasteiger partial charge in [0.1, 0.15) is 23.5 Å². The first-order chi connectivity index (χ1) is 15.5. The second-order valence-electron chi connectivity index (χ2n) is 6.95. The number of benzene rings is 1. The second kappa shape index (κ2) is 9.16. The van der Waals surface area contributed by atoms with Crippen LogP contribution in [0.25, 0.3) is 4.85 Å². The van der Waals surface area contributed by atoms with Gasteiger partial charge < -0.3 is 15.0 Å². The first-order valence-electron chi connectivity index (χ1n) is 9.85. The summed E-state index contributed by atoms with van der Waals surface area (Å²) in [7, 11) is 0. The number of fused-ring (bicyclic) bond motifs is 1. The summed E-state index contributed by atoms with van der Waals surface area (Å²) < 4.78 is 19.1. The average Bonchev–Trinajstić information content (AvgIpc) is 2.79. The van der Waals surface area contributed by atoms with Crippen LogP contribution in [0.1, 0.15) is 28.5 Å². The van der Waals surface area contributed by atoms with Crippen LogP contribution in [-0.4, -0.2) is 34.1 Å². The van der Waals surface area contributed by atoms with Crippen molar-refractivity contribution < 1.29 is 13.9 Å². The standard InChI is InChI=1S/C22H18ClFN6O2/c1-3-32-22(31)15-5-7-19(28-20(15)24)29-21-14-8-9-30(11-18(14)26-12-27-21)13-4-6-17(25-2)16(23)10-13/h4-7,10,12H,3,8-9,11H2,1H3,(H,26,27,28,29). The van der Waals surface area contributed by atoms with Crippen molar-refractivity contribution in [1.29, 1.82) is 0 Å². The van der Waals surface area contributed by atoms with E-state index in [0.29, 0.717) is 36.0 Å². The number of aromatic nitrogens is 3. The maximum absolute atomic E-state index is 14.3. The average molecular weight is 453 g/mol. The number of anilines is 3. The molecule has 162 valence electrons. The predicted molar refractivity (Wildman–Crippen MR) is 118 cm³/mol. The van der Waals surface area contributed by atoms with E-state index in [0.717, 1.165) is 16.9 Å². The van der Waals surface area contributed by atoms with Gasteiger partial charge in [-0.15, -0.1) is 0 Å². The number of nitrogens with zero attached hydrogens (tertiary/aromatic N) is 5. The number of esters is 1. The molecule has 1 N–H and O–H groups in total. The molecule has 1 aromatic carbocycles. The molecule has 0 fully saturated rings. The molecule has 0 radical (unpaired) electrons. The first kappa shape index (κ1) is 21.5. The zero-order chi connectivity index (χ0) is 22.7.